The van der Waals surface area contributed by atoms with Gasteiger partial charge >= 0.3 is 5.97 Å². The van der Waals surface area contributed by atoms with E-state index in [0.717, 1.165) is 30.4 Å². The standard InChI is InChI=1S/C26H33ClN2O5/c1-26(2,3)25(31)34-20-8-5-18(6-9-20)13-16-32-14-4-15-33-23-11-7-19(17-21(23)27)22-10-12-24(30)29-28-22/h5-9,11,17,22,28H,4,10,12-16H2,1-3H3,(H,29,30). The molecule has 7 nitrogen and oxygen atoms in total. The van der Waals surface area contributed by atoms with Crippen LogP contribution in [0.2, 0.25) is 5.02 Å². The molecule has 0 saturated carbocycles. The summed E-state index contributed by atoms with van der Waals surface area (Å²) in [5, 5.41) is 0.550. The number of hydrazine groups is 1. The molecule has 2 aromatic rings. The number of halogens is 1. The SMILES string of the molecule is CC(C)(C)C(=O)Oc1ccc(CCOCCCOc2ccc(C3CCC(=O)NN3)cc2Cl)cc1. The lowest BCUT2D eigenvalue weighted by Crippen LogP contribution is -2.44. The summed E-state index contributed by atoms with van der Waals surface area (Å²) in [6, 6.07) is 13.2. The smallest absolute Gasteiger partial charge is 0.316 e. The number of hydrogen-bond donors (Lipinski definition) is 2. The molecule has 2 N–H and O–H groups in total. The van der Waals surface area contributed by atoms with Gasteiger partial charge in [0, 0.05) is 19.4 Å². The van der Waals surface area contributed by atoms with Crippen molar-refractivity contribution < 1.29 is 23.8 Å². The van der Waals surface area contributed by atoms with Gasteiger partial charge in [0.1, 0.15) is 11.5 Å². The van der Waals surface area contributed by atoms with Crippen LogP contribution in [0, 0.1) is 5.41 Å². The van der Waals surface area contributed by atoms with Gasteiger partial charge in [0.15, 0.2) is 0 Å². The fraction of sp³-hybridized carbons (Fsp3) is 0.462. The number of amides is 1. The number of rotatable bonds is 10. The first kappa shape index (κ1) is 26.0. The van der Waals surface area contributed by atoms with Crippen molar-refractivity contribution in [1.82, 2.24) is 10.9 Å². The van der Waals surface area contributed by atoms with Gasteiger partial charge in [-0.1, -0.05) is 29.8 Å². The molecule has 8 heteroatoms. The molecule has 1 aliphatic heterocycles. The van der Waals surface area contributed by atoms with Crippen LogP contribution in [0.4, 0.5) is 0 Å². The summed E-state index contributed by atoms with van der Waals surface area (Å²) in [6.07, 6.45) is 2.74. The van der Waals surface area contributed by atoms with E-state index in [1.54, 1.807) is 0 Å². The van der Waals surface area contributed by atoms with Gasteiger partial charge in [0.25, 0.3) is 0 Å². The summed E-state index contributed by atoms with van der Waals surface area (Å²) in [5.74, 6) is 0.938. The molecule has 184 valence electrons. The van der Waals surface area contributed by atoms with Crippen LogP contribution >= 0.6 is 11.6 Å². The molecule has 2 aromatic carbocycles. The maximum absolute atomic E-state index is 11.9. The monoisotopic (exact) mass is 488 g/mol. The summed E-state index contributed by atoms with van der Waals surface area (Å²) in [7, 11) is 0. The highest BCUT2D eigenvalue weighted by Crippen LogP contribution is 2.30. The molecule has 0 radical (unpaired) electrons. The largest absolute Gasteiger partial charge is 0.492 e. The molecule has 0 aliphatic carbocycles. The van der Waals surface area contributed by atoms with Gasteiger partial charge in [-0.25, -0.2) is 5.43 Å². The average molecular weight is 489 g/mol. The minimum atomic E-state index is -0.530. The number of ether oxygens (including phenoxy) is 3. The molecule has 1 fully saturated rings. The highest BCUT2D eigenvalue weighted by Gasteiger charge is 2.23. The van der Waals surface area contributed by atoms with Crippen molar-refractivity contribution in [1.29, 1.82) is 0 Å². The molecule has 1 atom stereocenters. The molecule has 1 aliphatic rings. The number of benzene rings is 2. The summed E-state index contributed by atoms with van der Waals surface area (Å²) in [6.45, 7) is 7.17. The van der Waals surface area contributed by atoms with Crippen molar-refractivity contribution in [3.8, 4) is 11.5 Å². The van der Waals surface area contributed by atoms with Crippen molar-refractivity contribution in [2.45, 2.75) is 52.5 Å². The highest BCUT2D eigenvalue weighted by atomic mass is 35.5. The third-order valence-corrected chi connectivity index (χ3v) is 5.67. The fourth-order valence-electron chi connectivity index (χ4n) is 3.30. The maximum atomic E-state index is 11.9. The van der Waals surface area contributed by atoms with Crippen molar-refractivity contribution in [3.63, 3.8) is 0 Å². The molecule has 0 spiro atoms. The topological polar surface area (TPSA) is 85.9 Å². The van der Waals surface area contributed by atoms with E-state index in [2.05, 4.69) is 10.9 Å². The molecular weight excluding hydrogens is 456 g/mol. The molecule has 0 aromatic heterocycles. The van der Waals surface area contributed by atoms with Crippen LogP contribution in [-0.2, 0) is 20.7 Å². The van der Waals surface area contributed by atoms with Crippen molar-refractivity contribution in [2.75, 3.05) is 19.8 Å². The van der Waals surface area contributed by atoms with Gasteiger partial charge in [-0.05, 0) is 69.0 Å². The lowest BCUT2D eigenvalue weighted by atomic mass is 9.97. The van der Waals surface area contributed by atoms with E-state index >= 15 is 0 Å². The maximum Gasteiger partial charge on any atom is 0.316 e. The average Bonchev–Trinajstić information content (AvgIpc) is 2.80. The summed E-state index contributed by atoms with van der Waals surface area (Å²) in [4.78, 5) is 23.2. The van der Waals surface area contributed by atoms with Crippen LogP contribution in [0.1, 0.15) is 57.2 Å². The normalized spacial score (nSPS) is 16.1. The van der Waals surface area contributed by atoms with Crippen LogP contribution < -0.4 is 20.3 Å². The fourth-order valence-corrected chi connectivity index (χ4v) is 3.54. The van der Waals surface area contributed by atoms with Gasteiger partial charge in [0.2, 0.25) is 5.91 Å². The first-order valence-electron chi connectivity index (χ1n) is 11.6. The molecular formula is C26H33ClN2O5. The predicted octanol–water partition coefficient (Wildman–Crippen LogP) is 4.78. The Morgan fingerprint density at radius 1 is 1.09 bits per heavy atom. The van der Waals surface area contributed by atoms with Crippen LogP contribution in [0.25, 0.3) is 0 Å². The van der Waals surface area contributed by atoms with E-state index in [-0.39, 0.29) is 17.9 Å². The van der Waals surface area contributed by atoms with Crippen molar-refractivity contribution in [3.05, 3.63) is 58.6 Å². The first-order chi connectivity index (χ1) is 16.2. The molecule has 1 unspecified atom stereocenters. The Morgan fingerprint density at radius 3 is 2.50 bits per heavy atom. The minimum absolute atomic E-state index is 0.00122. The highest BCUT2D eigenvalue weighted by molar-refractivity contribution is 6.32. The third kappa shape index (κ3) is 8.01. The van der Waals surface area contributed by atoms with Crippen LogP contribution in [0.3, 0.4) is 0 Å². The number of nitrogens with one attached hydrogen (secondary N) is 2. The van der Waals surface area contributed by atoms with Crippen LogP contribution in [0.5, 0.6) is 11.5 Å². The number of carbonyl (C=O) groups is 2. The Bertz CT molecular complexity index is 962. The van der Waals surface area contributed by atoms with Gasteiger partial charge in [-0.2, -0.15) is 0 Å². The zero-order valence-corrected chi connectivity index (χ0v) is 20.7. The third-order valence-electron chi connectivity index (χ3n) is 5.38. The Morgan fingerprint density at radius 2 is 1.85 bits per heavy atom. The summed E-state index contributed by atoms with van der Waals surface area (Å²) in [5.41, 5.74) is 7.25. The van der Waals surface area contributed by atoms with Gasteiger partial charge in [-0.15, -0.1) is 0 Å². The molecule has 34 heavy (non-hydrogen) atoms. The van der Waals surface area contributed by atoms with E-state index in [9.17, 15) is 9.59 Å². The Hall–Kier alpha value is -2.61. The number of hydrogen-bond acceptors (Lipinski definition) is 6. The first-order valence-corrected chi connectivity index (χ1v) is 12.0. The van der Waals surface area contributed by atoms with E-state index in [0.29, 0.717) is 42.8 Å². The van der Waals surface area contributed by atoms with Crippen LogP contribution in [0.15, 0.2) is 42.5 Å². The lowest BCUT2D eigenvalue weighted by Gasteiger charge is -2.24. The Kier molecular flexibility index (Phi) is 9.33. The Balaban J connectivity index is 1.30. The molecule has 1 amide bonds. The van der Waals surface area contributed by atoms with Gasteiger partial charge < -0.3 is 14.2 Å². The zero-order valence-electron chi connectivity index (χ0n) is 20.0. The second kappa shape index (κ2) is 12.2. The molecule has 1 saturated heterocycles. The number of esters is 1. The lowest BCUT2D eigenvalue weighted by molar-refractivity contribution is -0.143. The predicted molar refractivity (Wildman–Crippen MR) is 131 cm³/mol. The van der Waals surface area contributed by atoms with E-state index in [1.807, 2.05) is 63.2 Å². The molecule has 1 heterocycles. The van der Waals surface area contributed by atoms with Gasteiger partial charge in [0.05, 0.1) is 29.7 Å². The van der Waals surface area contributed by atoms with Crippen molar-refractivity contribution in [2.24, 2.45) is 5.41 Å². The van der Waals surface area contributed by atoms with Crippen molar-refractivity contribution >= 4 is 23.5 Å². The second-order valence-corrected chi connectivity index (χ2v) is 9.73. The Labute approximate surface area is 206 Å². The summed E-state index contributed by atoms with van der Waals surface area (Å²) < 4.78 is 16.9. The molecule has 0 bridgehead atoms. The minimum Gasteiger partial charge on any atom is -0.492 e. The van der Waals surface area contributed by atoms with Crippen LogP contribution in [-0.4, -0.2) is 31.7 Å². The molecule has 3 rings (SSSR count). The summed E-state index contributed by atoms with van der Waals surface area (Å²) >= 11 is 6.37. The second-order valence-electron chi connectivity index (χ2n) is 9.32. The van der Waals surface area contributed by atoms with E-state index < -0.39 is 5.41 Å². The van der Waals surface area contributed by atoms with Gasteiger partial charge in [-0.3, -0.25) is 15.0 Å². The quantitative estimate of drug-likeness (QED) is 0.284. The van der Waals surface area contributed by atoms with E-state index in [4.69, 9.17) is 25.8 Å². The number of carbonyl (C=O) groups excluding carboxylic acids is 2. The zero-order chi connectivity index (χ0) is 24.6. The van der Waals surface area contributed by atoms with E-state index in [1.165, 1.54) is 0 Å².